The summed E-state index contributed by atoms with van der Waals surface area (Å²) < 4.78 is 0. The Morgan fingerprint density at radius 2 is 2.20 bits per heavy atom. The fourth-order valence-corrected chi connectivity index (χ4v) is 1.58. The van der Waals surface area contributed by atoms with Crippen LogP contribution in [0.1, 0.15) is 33.1 Å². The fraction of sp³-hybridized carbons (Fsp3) is 0.750. The predicted octanol–water partition coefficient (Wildman–Crippen LogP) is 1.69. The Balaban J connectivity index is 3.75. The van der Waals surface area contributed by atoms with Crippen molar-refractivity contribution >= 4 is 5.91 Å². The van der Waals surface area contributed by atoms with Gasteiger partial charge in [-0.3, -0.25) is 4.79 Å². The molecule has 1 atom stereocenters. The molecule has 3 nitrogen and oxygen atoms in total. The maximum absolute atomic E-state index is 11.5. The summed E-state index contributed by atoms with van der Waals surface area (Å²) in [7, 11) is 0. The molecule has 0 fully saturated rings. The molecule has 0 rings (SSSR count). The van der Waals surface area contributed by atoms with Crippen LogP contribution >= 0.6 is 0 Å². The van der Waals surface area contributed by atoms with Gasteiger partial charge in [-0.1, -0.05) is 19.9 Å². The van der Waals surface area contributed by atoms with Gasteiger partial charge in [-0.05, 0) is 31.2 Å². The van der Waals surface area contributed by atoms with Crippen molar-refractivity contribution in [3.8, 4) is 0 Å². The van der Waals surface area contributed by atoms with Crippen LogP contribution in [0, 0.1) is 11.8 Å². The first-order chi connectivity index (χ1) is 7.10. The number of hydrogen-bond acceptors (Lipinski definition) is 2. The normalized spacial score (nSPS) is 12.5. The van der Waals surface area contributed by atoms with E-state index in [0.717, 1.165) is 12.8 Å². The van der Waals surface area contributed by atoms with E-state index in [9.17, 15) is 4.79 Å². The van der Waals surface area contributed by atoms with Gasteiger partial charge in [0.2, 0.25) is 5.91 Å². The van der Waals surface area contributed by atoms with Crippen LogP contribution in [0.15, 0.2) is 12.7 Å². The number of carbonyl (C=O) groups excluding carboxylic acids is 1. The third kappa shape index (κ3) is 8.18. The number of carbonyl (C=O) groups is 1. The topological polar surface area (TPSA) is 55.1 Å². The number of amides is 1. The predicted molar refractivity (Wildman–Crippen MR) is 64.4 cm³/mol. The molecule has 15 heavy (non-hydrogen) atoms. The monoisotopic (exact) mass is 212 g/mol. The quantitative estimate of drug-likeness (QED) is 0.475. The minimum Gasteiger partial charge on any atom is -0.356 e. The van der Waals surface area contributed by atoms with Crippen LogP contribution in [0.3, 0.4) is 0 Å². The average molecular weight is 212 g/mol. The molecule has 0 aromatic rings. The Morgan fingerprint density at radius 3 is 2.67 bits per heavy atom. The highest BCUT2D eigenvalue weighted by molar-refractivity contribution is 5.76. The summed E-state index contributed by atoms with van der Waals surface area (Å²) in [5.74, 6) is 1.02. The summed E-state index contributed by atoms with van der Waals surface area (Å²) in [6.45, 7) is 9.18. The smallest absolute Gasteiger partial charge is 0.220 e. The highest BCUT2D eigenvalue weighted by Crippen LogP contribution is 2.13. The minimum atomic E-state index is 0.105. The van der Waals surface area contributed by atoms with Crippen molar-refractivity contribution in [2.45, 2.75) is 33.1 Å². The van der Waals surface area contributed by atoms with Gasteiger partial charge in [-0.2, -0.15) is 0 Å². The largest absolute Gasteiger partial charge is 0.356 e. The lowest BCUT2D eigenvalue weighted by molar-refractivity contribution is -0.122. The molecule has 88 valence electrons. The highest BCUT2D eigenvalue weighted by atomic mass is 16.1. The van der Waals surface area contributed by atoms with E-state index in [-0.39, 0.29) is 5.91 Å². The van der Waals surface area contributed by atoms with E-state index in [2.05, 4.69) is 25.7 Å². The van der Waals surface area contributed by atoms with E-state index in [1.807, 2.05) is 0 Å². The van der Waals surface area contributed by atoms with Crippen molar-refractivity contribution in [2.75, 3.05) is 13.1 Å². The molecule has 0 saturated carbocycles. The zero-order chi connectivity index (χ0) is 11.7. The molecule has 0 aliphatic carbocycles. The number of hydrogen-bond donors (Lipinski definition) is 2. The molecule has 0 bridgehead atoms. The molecule has 0 saturated heterocycles. The summed E-state index contributed by atoms with van der Waals surface area (Å²) in [5.41, 5.74) is 5.63. The summed E-state index contributed by atoms with van der Waals surface area (Å²) in [5, 5.41) is 2.86. The van der Waals surface area contributed by atoms with Crippen LogP contribution in [0.5, 0.6) is 0 Å². The first kappa shape index (κ1) is 14.2. The van der Waals surface area contributed by atoms with Gasteiger partial charge >= 0.3 is 0 Å². The number of nitrogens with two attached hydrogens (primary N) is 1. The average Bonchev–Trinajstić information content (AvgIpc) is 2.16. The van der Waals surface area contributed by atoms with Crippen molar-refractivity contribution in [3.63, 3.8) is 0 Å². The van der Waals surface area contributed by atoms with E-state index in [1.165, 1.54) is 0 Å². The van der Waals surface area contributed by atoms with Crippen molar-refractivity contribution in [1.29, 1.82) is 0 Å². The van der Waals surface area contributed by atoms with E-state index < -0.39 is 0 Å². The Bertz CT molecular complexity index is 190. The zero-order valence-corrected chi connectivity index (χ0v) is 9.96. The molecule has 0 aromatic heterocycles. The second-order valence-corrected chi connectivity index (χ2v) is 4.36. The minimum absolute atomic E-state index is 0.105. The van der Waals surface area contributed by atoms with Gasteiger partial charge in [0.25, 0.3) is 0 Å². The first-order valence-electron chi connectivity index (χ1n) is 5.67. The molecule has 0 aliphatic heterocycles. The van der Waals surface area contributed by atoms with Gasteiger partial charge in [-0.25, -0.2) is 0 Å². The molecular formula is C12H24N2O. The van der Waals surface area contributed by atoms with Crippen molar-refractivity contribution in [1.82, 2.24) is 5.32 Å². The highest BCUT2D eigenvalue weighted by Gasteiger charge is 2.13. The molecule has 3 N–H and O–H groups in total. The Labute approximate surface area is 93.1 Å². The zero-order valence-electron chi connectivity index (χ0n) is 9.96. The summed E-state index contributed by atoms with van der Waals surface area (Å²) in [4.78, 5) is 11.5. The maximum atomic E-state index is 11.5. The van der Waals surface area contributed by atoms with Crippen molar-refractivity contribution in [2.24, 2.45) is 17.6 Å². The standard InChI is InChI=1S/C12H24N2O/c1-4-5-6-14-12(15)8-11(9-13)7-10(2)3/h4,10-11H,1,5-9,13H2,2-3H3,(H,14,15). The molecule has 1 amide bonds. The van der Waals surface area contributed by atoms with E-state index >= 15 is 0 Å². The van der Waals surface area contributed by atoms with Gasteiger partial charge in [0.15, 0.2) is 0 Å². The van der Waals surface area contributed by atoms with E-state index in [0.29, 0.717) is 31.3 Å². The molecular weight excluding hydrogens is 188 g/mol. The summed E-state index contributed by atoms with van der Waals surface area (Å²) >= 11 is 0. The van der Waals surface area contributed by atoms with Crippen LogP contribution in [-0.2, 0) is 4.79 Å². The van der Waals surface area contributed by atoms with Crippen LogP contribution in [-0.4, -0.2) is 19.0 Å². The van der Waals surface area contributed by atoms with Gasteiger partial charge < -0.3 is 11.1 Å². The molecule has 0 heterocycles. The molecule has 0 aliphatic rings. The molecule has 0 radical (unpaired) electrons. The Kier molecular flexibility index (Phi) is 8.01. The van der Waals surface area contributed by atoms with Crippen LogP contribution in [0.2, 0.25) is 0 Å². The first-order valence-corrected chi connectivity index (χ1v) is 5.67. The van der Waals surface area contributed by atoms with Crippen LogP contribution in [0.4, 0.5) is 0 Å². The summed E-state index contributed by atoms with van der Waals surface area (Å²) in [6, 6.07) is 0. The second kappa shape index (κ2) is 8.48. The third-order valence-corrected chi connectivity index (χ3v) is 2.28. The number of nitrogens with one attached hydrogen (secondary N) is 1. The van der Waals surface area contributed by atoms with Gasteiger partial charge in [-0.15, -0.1) is 6.58 Å². The lowest BCUT2D eigenvalue weighted by Gasteiger charge is -2.16. The Morgan fingerprint density at radius 1 is 1.53 bits per heavy atom. The molecule has 0 spiro atoms. The van der Waals surface area contributed by atoms with E-state index in [4.69, 9.17) is 5.73 Å². The van der Waals surface area contributed by atoms with Gasteiger partial charge in [0, 0.05) is 13.0 Å². The van der Waals surface area contributed by atoms with Gasteiger partial charge in [0.05, 0.1) is 0 Å². The lowest BCUT2D eigenvalue weighted by atomic mass is 9.94. The Hall–Kier alpha value is -0.830. The molecule has 3 heteroatoms. The molecule has 0 aromatic carbocycles. The third-order valence-electron chi connectivity index (χ3n) is 2.28. The van der Waals surface area contributed by atoms with Gasteiger partial charge in [0.1, 0.15) is 0 Å². The lowest BCUT2D eigenvalue weighted by Crippen LogP contribution is -2.29. The van der Waals surface area contributed by atoms with Crippen LogP contribution in [0.25, 0.3) is 0 Å². The van der Waals surface area contributed by atoms with Crippen LogP contribution < -0.4 is 11.1 Å². The molecule has 1 unspecified atom stereocenters. The maximum Gasteiger partial charge on any atom is 0.220 e. The number of rotatable bonds is 8. The van der Waals surface area contributed by atoms with Crippen molar-refractivity contribution < 1.29 is 4.79 Å². The second-order valence-electron chi connectivity index (χ2n) is 4.36. The van der Waals surface area contributed by atoms with Crippen molar-refractivity contribution in [3.05, 3.63) is 12.7 Å². The summed E-state index contributed by atoms with van der Waals surface area (Å²) in [6.07, 6.45) is 4.19. The van der Waals surface area contributed by atoms with E-state index in [1.54, 1.807) is 6.08 Å². The SMILES string of the molecule is C=CCCNC(=O)CC(CN)CC(C)C. The fourth-order valence-electron chi connectivity index (χ4n) is 1.58.